The van der Waals surface area contributed by atoms with Crippen LogP contribution in [-0.2, 0) is 9.59 Å². The van der Waals surface area contributed by atoms with Gasteiger partial charge in [-0.25, -0.2) is 4.99 Å². The highest BCUT2D eigenvalue weighted by molar-refractivity contribution is 6.03. The molecule has 0 spiro atoms. The number of carboxylic acid groups (broad SMARTS) is 1. The Morgan fingerprint density at radius 3 is 2.62 bits per heavy atom. The first-order chi connectivity index (χ1) is 10.1. The Morgan fingerprint density at radius 2 is 2.00 bits per heavy atom. The van der Waals surface area contributed by atoms with Gasteiger partial charge in [-0.1, -0.05) is 30.4 Å². The van der Waals surface area contributed by atoms with E-state index >= 15 is 0 Å². The maximum Gasteiger partial charge on any atom is 0.311 e. The van der Waals surface area contributed by atoms with E-state index in [1.807, 2.05) is 30.3 Å². The molecule has 2 heterocycles. The van der Waals surface area contributed by atoms with Gasteiger partial charge in [-0.2, -0.15) is 0 Å². The van der Waals surface area contributed by atoms with Crippen molar-refractivity contribution in [3.8, 4) is 5.75 Å². The third kappa shape index (κ3) is 4.58. The number of allylic oxidation sites excluding steroid dienone is 3. The summed E-state index contributed by atoms with van der Waals surface area (Å²) in [6, 6.07) is 7.51. The second-order valence-electron chi connectivity index (χ2n) is 4.18. The molecular weight excluding hydrogens is 270 g/mol. The summed E-state index contributed by atoms with van der Waals surface area (Å²) in [5.74, 6) is 0.0893. The predicted octanol–water partition coefficient (Wildman–Crippen LogP) is 2.60. The van der Waals surface area contributed by atoms with Crippen molar-refractivity contribution in [2.45, 2.75) is 6.42 Å². The number of amides is 1. The molecule has 5 heteroatoms. The van der Waals surface area contributed by atoms with Crippen molar-refractivity contribution < 1.29 is 19.4 Å². The molecule has 0 radical (unpaired) electrons. The van der Waals surface area contributed by atoms with Crippen LogP contribution in [0.2, 0.25) is 0 Å². The van der Waals surface area contributed by atoms with E-state index in [4.69, 9.17) is 9.84 Å². The van der Waals surface area contributed by atoms with E-state index in [1.54, 1.807) is 18.2 Å². The molecule has 106 valence electrons. The smallest absolute Gasteiger partial charge is 0.311 e. The van der Waals surface area contributed by atoms with E-state index in [9.17, 15) is 9.59 Å². The molecule has 0 unspecified atom stereocenters. The third-order valence-electron chi connectivity index (χ3n) is 2.57. The highest BCUT2D eigenvalue weighted by atomic mass is 16.5. The molecule has 0 saturated heterocycles. The molecule has 1 amide bonds. The van der Waals surface area contributed by atoms with E-state index in [2.05, 4.69) is 4.99 Å². The molecule has 2 aliphatic heterocycles. The van der Waals surface area contributed by atoms with Gasteiger partial charge in [-0.3, -0.25) is 9.59 Å². The molecule has 5 nitrogen and oxygen atoms in total. The molecule has 1 N–H and O–H groups in total. The fraction of sp³-hybridized carbons (Fsp3) is 0.0625. The molecule has 2 aliphatic rings. The Morgan fingerprint density at radius 1 is 1.19 bits per heavy atom. The molecule has 0 saturated carbocycles. The zero-order valence-electron chi connectivity index (χ0n) is 11.1. The van der Waals surface area contributed by atoms with Gasteiger partial charge in [0.2, 0.25) is 0 Å². The summed E-state index contributed by atoms with van der Waals surface area (Å²) in [7, 11) is 0. The number of para-hydroxylation sites is 1. The summed E-state index contributed by atoms with van der Waals surface area (Å²) in [6.07, 6.45) is 9.77. The molecule has 0 bridgehead atoms. The number of carbonyl (C=O) groups is 2. The minimum atomic E-state index is -0.894. The van der Waals surface area contributed by atoms with E-state index in [0.29, 0.717) is 11.5 Å². The third-order valence-corrected chi connectivity index (χ3v) is 2.57. The number of ether oxygens (including phenoxy) is 1. The molecule has 0 atom stereocenters. The first kappa shape index (κ1) is 14.5. The summed E-state index contributed by atoms with van der Waals surface area (Å²) >= 11 is 0. The second-order valence-corrected chi connectivity index (χ2v) is 4.18. The maximum absolute atomic E-state index is 10.5. The number of fused-ring (bicyclic) bond motifs is 1. The van der Waals surface area contributed by atoms with E-state index < -0.39 is 5.97 Å². The van der Waals surface area contributed by atoms with Gasteiger partial charge in [-0.15, -0.1) is 0 Å². The molecule has 21 heavy (non-hydrogen) atoms. The van der Waals surface area contributed by atoms with E-state index in [0.717, 1.165) is 5.56 Å². The van der Waals surface area contributed by atoms with Crippen LogP contribution in [0, 0.1) is 0 Å². The SMILES string of the molecule is O=C(O)CC1=CC=Cc2ccccc2O1.O=C1C=CC=N1. The molecule has 0 aliphatic carbocycles. The summed E-state index contributed by atoms with van der Waals surface area (Å²) in [6.45, 7) is 0. The second kappa shape index (κ2) is 7.00. The summed E-state index contributed by atoms with van der Waals surface area (Å²) in [4.78, 5) is 23.9. The van der Waals surface area contributed by atoms with Gasteiger partial charge >= 0.3 is 5.97 Å². The Balaban J connectivity index is 0.000000225. The van der Waals surface area contributed by atoms with Crippen LogP contribution in [0.15, 0.2) is 59.3 Å². The van der Waals surface area contributed by atoms with Crippen molar-refractivity contribution in [2.75, 3.05) is 0 Å². The largest absolute Gasteiger partial charge is 0.481 e. The van der Waals surface area contributed by atoms with Crippen LogP contribution in [0.1, 0.15) is 12.0 Å². The Bertz CT molecular complexity index is 655. The number of nitrogens with zero attached hydrogens (tertiary/aromatic N) is 1. The van der Waals surface area contributed by atoms with Crippen molar-refractivity contribution in [2.24, 2.45) is 4.99 Å². The highest BCUT2D eigenvalue weighted by Gasteiger charge is 2.09. The van der Waals surface area contributed by atoms with Gasteiger partial charge in [0.05, 0.1) is 0 Å². The van der Waals surface area contributed by atoms with Crippen molar-refractivity contribution in [1.82, 2.24) is 0 Å². The molecule has 0 aromatic heterocycles. The zero-order chi connectivity index (χ0) is 15.1. The molecule has 1 aromatic carbocycles. The van der Waals surface area contributed by atoms with E-state index in [1.165, 1.54) is 12.3 Å². The standard InChI is InChI=1S/C12H10O3.C4H3NO/c13-12(14)8-10-6-3-5-9-4-1-2-7-11(9)15-10;6-4-2-1-3-5-4/h1-7H,8H2,(H,13,14);1-3H. The van der Waals surface area contributed by atoms with Crippen molar-refractivity contribution in [3.63, 3.8) is 0 Å². The number of aliphatic carboxylic acids is 1. The lowest BCUT2D eigenvalue weighted by Crippen LogP contribution is -2.03. The maximum atomic E-state index is 10.5. The van der Waals surface area contributed by atoms with Gasteiger partial charge in [0.1, 0.15) is 17.9 Å². The van der Waals surface area contributed by atoms with Crippen molar-refractivity contribution in [1.29, 1.82) is 0 Å². The van der Waals surface area contributed by atoms with Gasteiger partial charge < -0.3 is 9.84 Å². The normalized spacial score (nSPS) is 14.5. The Labute approximate surface area is 121 Å². The molecule has 0 fully saturated rings. The van der Waals surface area contributed by atoms with Crippen LogP contribution >= 0.6 is 0 Å². The van der Waals surface area contributed by atoms with E-state index in [-0.39, 0.29) is 12.3 Å². The quantitative estimate of drug-likeness (QED) is 0.905. The zero-order valence-corrected chi connectivity index (χ0v) is 11.1. The average molecular weight is 283 g/mol. The fourth-order valence-electron chi connectivity index (χ4n) is 1.67. The number of aliphatic imine (C=N–C) groups is 1. The fourth-order valence-corrected chi connectivity index (χ4v) is 1.67. The molecule has 3 rings (SSSR count). The average Bonchev–Trinajstić information content (AvgIpc) is 2.83. The molecule has 1 aromatic rings. The summed E-state index contributed by atoms with van der Waals surface area (Å²) in [5.41, 5.74) is 0.953. The number of benzene rings is 1. The van der Waals surface area contributed by atoms with Crippen molar-refractivity contribution >= 4 is 24.2 Å². The van der Waals surface area contributed by atoms with Gasteiger partial charge in [-0.05, 0) is 18.2 Å². The Kier molecular flexibility index (Phi) is 4.82. The number of rotatable bonds is 2. The topological polar surface area (TPSA) is 76.0 Å². The Hall–Kier alpha value is -2.95. The van der Waals surface area contributed by atoms with Crippen LogP contribution in [-0.4, -0.2) is 23.2 Å². The van der Waals surface area contributed by atoms with Gasteiger partial charge in [0.25, 0.3) is 5.91 Å². The summed E-state index contributed by atoms with van der Waals surface area (Å²) < 4.78 is 5.49. The lowest BCUT2D eigenvalue weighted by Gasteiger charge is -2.08. The van der Waals surface area contributed by atoms with Crippen LogP contribution in [0.5, 0.6) is 5.75 Å². The number of hydrogen-bond donors (Lipinski definition) is 1. The summed E-state index contributed by atoms with van der Waals surface area (Å²) in [5, 5.41) is 8.66. The number of carboxylic acids is 1. The van der Waals surface area contributed by atoms with Crippen LogP contribution in [0.25, 0.3) is 6.08 Å². The predicted molar refractivity (Wildman–Crippen MR) is 79.1 cm³/mol. The van der Waals surface area contributed by atoms with Crippen LogP contribution in [0.4, 0.5) is 0 Å². The lowest BCUT2D eigenvalue weighted by molar-refractivity contribution is -0.136. The van der Waals surface area contributed by atoms with Gasteiger partial charge in [0, 0.05) is 17.9 Å². The van der Waals surface area contributed by atoms with Crippen LogP contribution in [0.3, 0.4) is 0 Å². The minimum Gasteiger partial charge on any atom is -0.481 e. The first-order valence-electron chi connectivity index (χ1n) is 6.26. The minimum absolute atomic E-state index is 0.0985. The van der Waals surface area contributed by atoms with Crippen molar-refractivity contribution in [3.05, 3.63) is 59.9 Å². The number of carbonyl (C=O) groups excluding carboxylic acids is 1. The highest BCUT2D eigenvalue weighted by Crippen LogP contribution is 2.25. The van der Waals surface area contributed by atoms with Crippen LogP contribution < -0.4 is 4.74 Å². The van der Waals surface area contributed by atoms with Gasteiger partial charge in [0.15, 0.2) is 0 Å². The lowest BCUT2D eigenvalue weighted by atomic mass is 10.2. The first-order valence-corrected chi connectivity index (χ1v) is 6.26. The monoisotopic (exact) mass is 283 g/mol. The molecular formula is C16H13NO4. The number of hydrogen-bond acceptors (Lipinski definition) is 3.